The zero-order valence-corrected chi connectivity index (χ0v) is 16.3. The number of hydrogen-bond donors (Lipinski definition) is 2. The SMILES string of the molecule is CN(Cc1ccccc1Cl)C(=O)Nc1ccc(N2CCNC(=O)C2)c(Cl)c1. The molecule has 1 aliphatic rings. The Balaban J connectivity index is 1.65. The number of rotatable bonds is 4. The van der Waals surface area contributed by atoms with Crippen molar-refractivity contribution in [2.45, 2.75) is 6.54 Å². The number of hydrogen-bond acceptors (Lipinski definition) is 3. The van der Waals surface area contributed by atoms with Gasteiger partial charge in [-0.2, -0.15) is 0 Å². The van der Waals surface area contributed by atoms with Gasteiger partial charge >= 0.3 is 6.03 Å². The van der Waals surface area contributed by atoms with Crippen LogP contribution in [-0.2, 0) is 11.3 Å². The highest BCUT2D eigenvalue weighted by molar-refractivity contribution is 6.33. The molecule has 1 saturated heterocycles. The molecule has 6 nitrogen and oxygen atoms in total. The molecule has 1 fully saturated rings. The van der Waals surface area contributed by atoms with Gasteiger partial charge in [0.25, 0.3) is 0 Å². The largest absolute Gasteiger partial charge is 0.359 e. The molecule has 0 spiro atoms. The smallest absolute Gasteiger partial charge is 0.321 e. The molecule has 0 aliphatic carbocycles. The first kappa shape index (κ1) is 19.3. The van der Waals surface area contributed by atoms with Crippen LogP contribution in [0.15, 0.2) is 42.5 Å². The maximum Gasteiger partial charge on any atom is 0.321 e. The van der Waals surface area contributed by atoms with Gasteiger partial charge in [-0.15, -0.1) is 0 Å². The maximum absolute atomic E-state index is 12.4. The molecule has 3 amide bonds. The van der Waals surface area contributed by atoms with Crippen LogP contribution in [0.1, 0.15) is 5.56 Å². The van der Waals surface area contributed by atoms with Crippen LogP contribution in [0.5, 0.6) is 0 Å². The first-order valence-electron chi connectivity index (χ1n) is 8.51. The van der Waals surface area contributed by atoms with Gasteiger partial charge in [-0.1, -0.05) is 41.4 Å². The van der Waals surface area contributed by atoms with Crippen molar-refractivity contribution in [2.75, 3.05) is 36.9 Å². The van der Waals surface area contributed by atoms with Crippen molar-refractivity contribution >= 4 is 46.5 Å². The third-order valence-corrected chi connectivity index (χ3v) is 4.96. The van der Waals surface area contributed by atoms with Crippen LogP contribution in [-0.4, -0.2) is 43.5 Å². The van der Waals surface area contributed by atoms with Crippen molar-refractivity contribution in [1.82, 2.24) is 10.2 Å². The lowest BCUT2D eigenvalue weighted by Crippen LogP contribution is -2.47. The lowest BCUT2D eigenvalue weighted by atomic mass is 10.2. The Morgan fingerprint density at radius 3 is 2.70 bits per heavy atom. The summed E-state index contributed by atoms with van der Waals surface area (Å²) in [6.07, 6.45) is 0. The Kier molecular flexibility index (Phi) is 6.08. The van der Waals surface area contributed by atoms with E-state index in [2.05, 4.69) is 10.6 Å². The van der Waals surface area contributed by atoms with E-state index < -0.39 is 0 Å². The molecule has 0 aromatic heterocycles. The number of carbonyl (C=O) groups excluding carboxylic acids is 2. The zero-order valence-electron chi connectivity index (χ0n) is 14.8. The van der Waals surface area contributed by atoms with Gasteiger partial charge in [-0.05, 0) is 29.8 Å². The number of benzene rings is 2. The Bertz CT molecular complexity index is 859. The molecule has 2 aromatic rings. The third kappa shape index (κ3) is 4.84. The molecular weight excluding hydrogens is 387 g/mol. The number of nitrogens with zero attached hydrogens (tertiary/aromatic N) is 2. The predicted octanol–water partition coefficient (Wildman–Crippen LogP) is 3.59. The summed E-state index contributed by atoms with van der Waals surface area (Å²) in [5.41, 5.74) is 2.23. The van der Waals surface area contributed by atoms with E-state index >= 15 is 0 Å². The number of carbonyl (C=O) groups is 2. The fourth-order valence-electron chi connectivity index (χ4n) is 2.86. The monoisotopic (exact) mass is 406 g/mol. The average molecular weight is 407 g/mol. The standard InChI is InChI=1S/C19H20Cl2N4O2/c1-24(11-13-4-2-3-5-15(13)20)19(27)23-14-6-7-17(16(21)10-14)25-9-8-22-18(26)12-25/h2-7,10H,8-9,11-12H2,1H3,(H,22,26)(H,23,27). The first-order chi connectivity index (χ1) is 12.9. The summed E-state index contributed by atoms with van der Waals surface area (Å²) >= 11 is 12.5. The topological polar surface area (TPSA) is 64.7 Å². The molecular formula is C19H20Cl2N4O2. The second-order valence-electron chi connectivity index (χ2n) is 6.32. The van der Waals surface area contributed by atoms with Crippen LogP contribution in [0.3, 0.4) is 0 Å². The summed E-state index contributed by atoms with van der Waals surface area (Å²) in [4.78, 5) is 27.4. The van der Waals surface area contributed by atoms with Gasteiger partial charge in [0.05, 0.1) is 17.3 Å². The molecule has 2 aromatic carbocycles. The van der Waals surface area contributed by atoms with Gasteiger partial charge in [0.2, 0.25) is 5.91 Å². The van der Waals surface area contributed by atoms with E-state index in [-0.39, 0.29) is 18.5 Å². The molecule has 3 rings (SSSR count). The zero-order chi connectivity index (χ0) is 19.4. The van der Waals surface area contributed by atoms with Crippen molar-refractivity contribution in [3.05, 3.63) is 58.1 Å². The highest BCUT2D eigenvalue weighted by atomic mass is 35.5. The summed E-state index contributed by atoms with van der Waals surface area (Å²) in [6.45, 7) is 1.93. The molecule has 0 radical (unpaired) electrons. The average Bonchev–Trinajstić information content (AvgIpc) is 2.63. The van der Waals surface area contributed by atoms with E-state index in [0.717, 1.165) is 11.3 Å². The van der Waals surface area contributed by atoms with Gasteiger partial charge in [0.15, 0.2) is 0 Å². The van der Waals surface area contributed by atoms with Crippen molar-refractivity contribution in [3.8, 4) is 0 Å². The van der Waals surface area contributed by atoms with Crippen molar-refractivity contribution in [1.29, 1.82) is 0 Å². The van der Waals surface area contributed by atoms with E-state index in [1.807, 2.05) is 29.2 Å². The minimum Gasteiger partial charge on any atom is -0.359 e. The van der Waals surface area contributed by atoms with Crippen LogP contribution in [0.4, 0.5) is 16.2 Å². The summed E-state index contributed by atoms with van der Waals surface area (Å²) in [5.74, 6) is -0.0316. The number of amides is 3. The van der Waals surface area contributed by atoms with E-state index in [4.69, 9.17) is 23.2 Å². The number of piperazine rings is 1. The quantitative estimate of drug-likeness (QED) is 0.814. The molecule has 1 heterocycles. The molecule has 8 heteroatoms. The van der Waals surface area contributed by atoms with Crippen LogP contribution in [0.2, 0.25) is 10.0 Å². The number of nitrogens with one attached hydrogen (secondary N) is 2. The Labute approximate surface area is 168 Å². The predicted molar refractivity (Wildman–Crippen MR) is 109 cm³/mol. The van der Waals surface area contributed by atoms with Crippen molar-refractivity contribution in [2.24, 2.45) is 0 Å². The van der Waals surface area contributed by atoms with Gasteiger partial charge in [-0.3, -0.25) is 4.79 Å². The molecule has 0 atom stereocenters. The summed E-state index contributed by atoms with van der Waals surface area (Å²) in [7, 11) is 1.70. The Hall–Kier alpha value is -2.44. The van der Waals surface area contributed by atoms with Gasteiger partial charge in [0.1, 0.15) is 0 Å². The van der Waals surface area contributed by atoms with E-state index in [9.17, 15) is 9.59 Å². The molecule has 0 saturated carbocycles. The van der Waals surface area contributed by atoms with Gasteiger partial charge in [-0.25, -0.2) is 4.79 Å². The van der Waals surface area contributed by atoms with E-state index in [0.29, 0.717) is 35.4 Å². The highest BCUT2D eigenvalue weighted by Crippen LogP contribution is 2.29. The van der Waals surface area contributed by atoms with E-state index in [1.54, 1.807) is 25.2 Å². The maximum atomic E-state index is 12.4. The van der Waals surface area contributed by atoms with Crippen molar-refractivity contribution in [3.63, 3.8) is 0 Å². The molecule has 0 bridgehead atoms. The van der Waals surface area contributed by atoms with E-state index in [1.165, 1.54) is 4.90 Å². The van der Waals surface area contributed by atoms with Crippen LogP contribution >= 0.6 is 23.2 Å². The number of anilines is 2. The number of urea groups is 1. The van der Waals surface area contributed by atoms with Gasteiger partial charge in [0, 0.05) is 37.4 Å². The molecule has 2 N–H and O–H groups in total. The lowest BCUT2D eigenvalue weighted by molar-refractivity contribution is -0.120. The minimum absolute atomic E-state index is 0.0316. The number of halogens is 2. The summed E-state index contributed by atoms with van der Waals surface area (Å²) in [6, 6.07) is 12.4. The van der Waals surface area contributed by atoms with Crippen LogP contribution in [0, 0.1) is 0 Å². The molecule has 142 valence electrons. The summed E-state index contributed by atoms with van der Waals surface area (Å²) in [5, 5.41) is 6.71. The Morgan fingerprint density at radius 1 is 1.22 bits per heavy atom. The van der Waals surface area contributed by atoms with Crippen molar-refractivity contribution < 1.29 is 9.59 Å². The first-order valence-corrected chi connectivity index (χ1v) is 9.26. The molecule has 27 heavy (non-hydrogen) atoms. The summed E-state index contributed by atoms with van der Waals surface area (Å²) < 4.78 is 0. The van der Waals surface area contributed by atoms with Gasteiger partial charge < -0.3 is 20.4 Å². The molecule has 1 aliphatic heterocycles. The minimum atomic E-state index is -0.268. The van der Waals surface area contributed by atoms with Crippen LogP contribution < -0.4 is 15.5 Å². The fourth-order valence-corrected chi connectivity index (χ4v) is 3.35. The highest BCUT2D eigenvalue weighted by Gasteiger charge is 2.19. The second-order valence-corrected chi connectivity index (χ2v) is 7.13. The lowest BCUT2D eigenvalue weighted by Gasteiger charge is -2.29. The molecule has 0 unspecified atom stereocenters. The fraction of sp³-hybridized carbons (Fsp3) is 0.263. The van der Waals surface area contributed by atoms with Crippen LogP contribution in [0.25, 0.3) is 0 Å². The third-order valence-electron chi connectivity index (χ3n) is 4.29. The normalized spacial score (nSPS) is 13.9. The Morgan fingerprint density at radius 2 is 2.00 bits per heavy atom. The second kappa shape index (κ2) is 8.50.